The molecule has 1 aliphatic rings. The Kier molecular flexibility index (Phi) is 3.63. The van der Waals surface area contributed by atoms with Crippen molar-refractivity contribution in [3.05, 3.63) is 50.3 Å². The Morgan fingerprint density at radius 3 is 2.91 bits per heavy atom. The first kappa shape index (κ1) is 14.3. The number of nitrogens with one attached hydrogen (secondary N) is 3. The van der Waals surface area contributed by atoms with Gasteiger partial charge < -0.3 is 19.6 Å². The molecule has 1 amide bonds. The van der Waals surface area contributed by atoms with Crippen molar-refractivity contribution < 1.29 is 9.53 Å². The molecule has 0 unspecified atom stereocenters. The lowest BCUT2D eigenvalue weighted by atomic mass is 10.1. The minimum absolute atomic E-state index is 0.116. The van der Waals surface area contributed by atoms with Crippen molar-refractivity contribution in [2.45, 2.75) is 13.0 Å². The Morgan fingerprint density at radius 2 is 2.23 bits per heavy atom. The maximum atomic E-state index is 12.6. The van der Waals surface area contributed by atoms with Gasteiger partial charge in [-0.2, -0.15) is 0 Å². The summed E-state index contributed by atoms with van der Waals surface area (Å²) in [4.78, 5) is 48.6. The first-order valence-corrected chi connectivity index (χ1v) is 6.78. The Labute approximate surface area is 124 Å². The molecule has 1 fully saturated rings. The first-order chi connectivity index (χ1) is 10.6. The fourth-order valence-electron chi connectivity index (χ4n) is 2.40. The molecular formula is C13H15N5O4. The number of aromatic amines is 3. The maximum Gasteiger partial charge on any atom is 0.325 e. The number of aromatic nitrogens is 4. The van der Waals surface area contributed by atoms with E-state index in [9.17, 15) is 14.4 Å². The van der Waals surface area contributed by atoms with Gasteiger partial charge >= 0.3 is 5.69 Å². The summed E-state index contributed by atoms with van der Waals surface area (Å²) in [5, 5.41) is 0. The Bertz CT molecular complexity index is 805. The van der Waals surface area contributed by atoms with E-state index in [1.54, 1.807) is 6.20 Å². The third-order valence-electron chi connectivity index (χ3n) is 3.48. The van der Waals surface area contributed by atoms with Crippen LogP contribution in [0, 0.1) is 6.92 Å². The van der Waals surface area contributed by atoms with Crippen molar-refractivity contribution in [2.24, 2.45) is 0 Å². The molecule has 9 heteroatoms. The molecule has 0 bridgehead atoms. The lowest BCUT2D eigenvalue weighted by Crippen LogP contribution is -2.45. The summed E-state index contributed by atoms with van der Waals surface area (Å²) in [6.45, 7) is 2.87. The number of hydrogen-bond acceptors (Lipinski definition) is 5. The van der Waals surface area contributed by atoms with Crippen molar-refractivity contribution in [2.75, 3.05) is 19.8 Å². The second-order valence-corrected chi connectivity index (χ2v) is 5.03. The summed E-state index contributed by atoms with van der Waals surface area (Å²) in [6.07, 6.45) is 2.79. The molecule has 3 rings (SSSR count). The lowest BCUT2D eigenvalue weighted by molar-refractivity contribution is -0.00513. The summed E-state index contributed by atoms with van der Waals surface area (Å²) in [7, 11) is 0. The van der Waals surface area contributed by atoms with Crippen LogP contribution < -0.4 is 11.2 Å². The fraction of sp³-hybridized carbons (Fsp3) is 0.385. The number of morpholine rings is 1. The van der Waals surface area contributed by atoms with Crippen LogP contribution in [0.4, 0.5) is 0 Å². The molecule has 1 saturated heterocycles. The number of nitrogens with zero attached hydrogens (tertiary/aromatic N) is 2. The molecular weight excluding hydrogens is 290 g/mol. The normalized spacial score (nSPS) is 18.4. The number of ether oxygens (including phenoxy) is 1. The number of aryl methyl sites for hydroxylation is 1. The molecule has 3 heterocycles. The van der Waals surface area contributed by atoms with Crippen molar-refractivity contribution in [3.8, 4) is 0 Å². The van der Waals surface area contributed by atoms with Crippen molar-refractivity contribution in [1.29, 1.82) is 0 Å². The number of carbonyl (C=O) groups excluding carboxylic acids is 1. The highest BCUT2D eigenvalue weighted by Crippen LogP contribution is 2.23. The topological polar surface area (TPSA) is 124 Å². The minimum Gasteiger partial charge on any atom is -0.377 e. The molecule has 22 heavy (non-hydrogen) atoms. The third kappa shape index (κ3) is 2.58. The molecule has 0 aromatic carbocycles. The van der Waals surface area contributed by atoms with E-state index in [0.717, 1.165) is 11.9 Å². The van der Waals surface area contributed by atoms with Gasteiger partial charge in [0.25, 0.3) is 11.5 Å². The SMILES string of the molecule is Cc1cnc([C@H]2COCCN2C(=O)c2c[nH]c(=O)[nH]c2=O)[nH]1. The van der Waals surface area contributed by atoms with Crippen LogP contribution in [0.5, 0.6) is 0 Å². The predicted molar refractivity (Wildman–Crippen MR) is 75.6 cm³/mol. The van der Waals surface area contributed by atoms with Gasteiger partial charge in [0.1, 0.15) is 17.4 Å². The molecule has 2 aromatic rings. The van der Waals surface area contributed by atoms with Crippen LogP contribution in [0.3, 0.4) is 0 Å². The molecule has 1 atom stereocenters. The second-order valence-electron chi connectivity index (χ2n) is 5.03. The Balaban J connectivity index is 1.95. The van der Waals surface area contributed by atoms with E-state index in [1.807, 2.05) is 11.9 Å². The number of carbonyl (C=O) groups is 1. The van der Waals surface area contributed by atoms with E-state index < -0.39 is 23.2 Å². The minimum atomic E-state index is -0.713. The van der Waals surface area contributed by atoms with E-state index in [2.05, 4.69) is 15.0 Å². The van der Waals surface area contributed by atoms with Gasteiger partial charge in [-0.3, -0.25) is 14.6 Å². The average Bonchev–Trinajstić information content (AvgIpc) is 2.93. The highest BCUT2D eigenvalue weighted by molar-refractivity contribution is 5.93. The van der Waals surface area contributed by atoms with Crippen LogP contribution in [-0.4, -0.2) is 50.5 Å². The third-order valence-corrected chi connectivity index (χ3v) is 3.48. The van der Waals surface area contributed by atoms with Crippen molar-refractivity contribution >= 4 is 5.91 Å². The summed E-state index contributed by atoms with van der Waals surface area (Å²) < 4.78 is 5.41. The Morgan fingerprint density at radius 1 is 1.41 bits per heavy atom. The van der Waals surface area contributed by atoms with Crippen LogP contribution in [0.15, 0.2) is 22.0 Å². The molecule has 1 aliphatic heterocycles. The van der Waals surface area contributed by atoms with Gasteiger partial charge in [-0.1, -0.05) is 0 Å². The summed E-state index contributed by atoms with van der Waals surface area (Å²) in [5.41, 5.74) is -0.610. The molecule has 2 aromatic heterocycles. The van der Waals surface area contributed by atoms with Gasteiger partial charge in [0.05, 0.1) is 13.2 Å². The monoisotopic (exact) mass is 305 g/mol. The standard InChI is InChI=1S/C13H15N5O4/c1-7-4-14-10(16-7)9-6-22-3-2-18(9)12(20)8-5-15-13(21)17-11(8)19/h4-5,9H,2-3,6H2,1H3,(H,14,16)(H2,15,17,19,21)/t9-/m1/s1. The number of rotatable bonds is 2. The summed E-state index contributed by atoms with van der Waals surface area (Å²) in [6, 6.07) is -0.402. The van der Waals surface area contributed by atoms with E-state index >= 15 is 0 Å². The quantitative estimate of drug-likeness (QED) is 0.677. The van der Waals surface area contributed by atoms with Crippen molar-refractivity contribution in [3.63, 3.8) is 0 Å². The Hall–Kier alpha value is -2.68. The van der Waals surface area contributed by atoms with Gasteiger partial charge in [0.15, 0.2) is 0 Å². The molecule has 0 spiro atoms. The van der Waals surface area contributed by atoms with Gasteiger partial charge in [-0.05, 0) is 6.92 Å². The van der Waals surface area contributed by atoms with E-state index in [1.165, 1.54) is 4.90 Å². The van der Waals surface area contributed by atoms with Crippen LogP contribution in [-0.2, 0) is 4.74 Å². The predicted octanol–water partition coefficient (Wildman–Crippen LogP) is -0.692. The zero-order valence-corrected chi connectivity index (χ0v) is 11.9. The summed E-state index contributed by atoms with van der Waals surface area (Å²) >= 11 is 0. The van der Waals surface area contributed by atoms with Gasteiger partial charge in [0, 0.05) is 24.6 Å². The van der Waals surface area contributed by atoms with Crippen molar-refractivity contribution in [1.82, 2.24) is 24.8 Å². The maximum absolute atomic E-state index is 12.6. The first-order valence-electron chi connectivity index (χ1n) is 6.78. The molecule has 116 valence electrons. The lowest BCUT2D eigenvalue weighted by Gasteiger charge is -2.34. The van der Waals surface area contributed by atoms with Crippen LogP contribution in [0.2, 0.25) is 0 Å². The molecule has 9 nitrogen and oxygen atoms in total. The summed E-state index contributed by atoms with van der Waals surface area (Å²) in [5.74, 6) is 0.131. The second kappa shape index (κ2) is 5.60. The molecule has 3 N–H and O–H groups in total. The number of imidazole rings is 1. The smallest absolute Gasteiger partial charge is 0.325 e. The van der Waals surface area contributed by atoms with E-state index in [4.69, 9.17) is 4.74 Å². The zero-order valence-electron chi connectivity index (χ0n) is 11.9. The fourth-order valence-corrected chi connectivity index (χ4v) is 2.40. The number of hydrogen-bond donors (Lipinski definition) is 3. The molecule has 0 radical (unpaired) electrons. The van der Waals surface area contributed by atoms with Gasteiger partial charge in [-0.15, -0.1) is 0 Å². The largest absolute Gasteiger partial charge is 0.377 e. The highest BCUT2D eigenvalue weighted by Gasteiger charge is 2.32. The van der Waals surface area contributed by atoms with E-state index in [0.29, 0.717) is 25.6 Å². The molecule has 0 aliphatic carbocycles. The van der Waals surface area contributed by atoms with Crippen LogP contribution in [0.25, 0.3) is 0 Å². The highest BCUT2D eigenvalue weighted by atomic mass is 16.5. The van der Waals surface area contributed by atoms with Crippen LogP contribution in [0.1, 0.15) is 27.9 Å². The zero-order chi connectivity index (χ0) is 15.7. The van der Waals surface area contributed by atoms with Gasteiger partial charge in [-0.25, -0.2) is 9.78 Å². The number of H-pyrrole nitrogens is 3. The average molecular weight is 305 g/mol. The van der Waals surface area contributed by atoms with E-state index in [-0.39, 0.29) is 5.56 Å². The molecule has 0 saturated carbocycles. The van der Waals surface area contributed by atoms with Gasteiger partial charge in [0.2, 0.25) is 0 Å². The number of amides is 1. The van der Waals surface area contributed by atoms with Crippen LogP contribution >= 0.6 is 0 Å².